The zero-order valence-corrected chi connectivity index (χ0v) is 12.5. The van der Waals surface area contributed by atoms with Crippen molar-refractivity contribution in [1.82, 2.24) is 0 Å². The monoisotopic (exact) mass is 366 g/mol. The van der Waals surface area contributed by atoms with Crippen LogP contribution in [0.3, 0.4) is 0 Å². The maximum atomic E-state index is 6.14. The Balaban J connectivity index is 1.97. The lowest BCUT2D eigenvalue weighted by atomic mass is 10.1. The second-order valence-corrected chi connectivity index (χ2v) is 5.46. The lowest BCUT2D eigenvalue weighted by molar-refractivity contribution is -0.0611. The van der Waals surface area contributed by atoms with Crippen molar-refractivity contribution in [2.75, 3.05) is 17.6 Å². The predicted molar refractivity (Wildman–Crippen MR) is 78.0 cm³/mol. The first kappa shape index (κ1) is 13.6. The molecule has 1 unspecified atom stereocenters. The zero-order chi connectivity index (χ0) is 12.1. The average molecular weight is 367 g/mol. The normalized spacial score (nSPS) is 19.2. The van der Waals surface area contributed by atoms with Crippen LogP contribution in [0.4, 0.5) is 0 Å². The molecule has 0 saturated carbocycles. The number of hydrogen-bond acceptors (Lipinski definition) is 2. The zero-order valence-electron chi connectivity index (χ0n) is 9.57. The lowest BCUT2D eigenvalue weighted by Crippen LogP contribution is -2.25. The van der Waals surface area contributed by atoms with Gasteiger partial charge in [0.1, 0.15) is 0 Å². The molecular weight excluding hydrogens is 350 g/mol. The van der Waals surface area contributed by atoms with E-state index in [1.165, 1.54) is 5.56 Å². The molecule has 1 aromatic rings. The molecule has 0 bridgehead atoms. The van der Waals surface area contributed by atoms with Crippen LogP contribution in [0.5, 0.6) is 0 Å². The Bertz CT molecular complexity index is 336. The first-order valence-electron chi connectivity index (χ1n) is 5.84. The predicted octanol–water partition coefficient (Wildman–Crippen LogP) is 4.01. The number of alkyl halides is 1. The minimum absolute atomic E-state index is 0.163. The fourth-order valence-corrected chi connectivity index (χ4v) is 2.77. The average Bonchev–Trinajstić information content (AvgIpc) is 2.38. The van der Waals surface area contributed by atoms with Gasteiger partial charge in [0.15, 0.2) is 0 Å². The standard InChI is InChI=1S/C13H16ClIO2/c14-11-3-1-10(2-4-11)13(9-15)17-12-5-7-16-8-6-12/h1-4,12-13H,5-9H2. The smallest absolute Gasteiger partial charge is 0.0918 e. The highest BCUT2D eigenvalue weighted by atomic mass is 127. The van der Waals surface area contributed by atoms with Crippen LogP contribution in [0, 0.1) is 0 Å². The number of benzene rings is 1. The molecule has 0 amide bonds. The molecule has 1 atom stereocenters. The van der Waals surface area contributed by atoms with Crippen molar-refractivity contribution >= 4 is 34.2 Å². The molecule has 1 saturated heterocycles. The quantitative estimate of drug-likeness (QED) is 0.592. The SMILES string of the molecule is Clc1ccc(C(CI)OC2CCOCC2)cc1. The first-order valence-corrected chi connectivity index (χ1v) is 7.74. The summed E-state index contributed by atoms with van der Waals surface area (Å²) in [6.45, 7) is 1.64. The molecule has 1 aliphatic heterocycles. The summed E-state index contributed by atoms with van der Waals surface area (Å²) >= 11 is 8.26. The maximum Gasteiger partial charge on any atom is 0.0918 e. The maximum absolute atomic E-state index is 6.14. The topological polar surface area (TPSA) is 18.5 Å². The van der Waals surface area contributed by atoms with E-state index < -0.39 is 0 Å². The van der Waals surface area contributed by atoms with Crippen LogP contribution in [-0.4, -0.2) is 23.7 Å². The molecule has 1 heterocycles. The first-order chi connectivity index (χ1) is 8.29. The van der Waals surface area contributed by atoms with Crippen LogP contribution in [0.1, 0.15) is 24.5 Å². The Morgan fingerprint density at radius 2 is 1.94 bits per heavy atom. The molecule has 94 valence electrons. The van der Waals surface area contributed by atoms with Gasteiger partial charge in [0.2, 0.25) is 0 Å². The van der Waals surface area contributed by atoms with Crippen molar-refractivity contribution in [3.05, 3.63) is 34.9 Å². The van der Waals surface area contributed by atoms with Crippen molar-refractivity contribution in [2.45, 2.75) is 25.0 Å². The van der Waals surface area contributed by atoms with Crippen LogP contribution >= 0.6 is 34.2 Å². The van der Waals surface area contributed by atoms with E-state index >= 15 is 0 Å². The van der Waals surface area contributed by atoms with Gasteiger partial charge in [-0.15, -0.1) is 0 Å². The molecule has 17 heavy (non-hydrogen) atoms. The second-order valence-electron chi connectivity index (χ2n) is 4.14. The van der Waals surface area contributed by atoms with Gasteiger partial charge in [-0.25, -0.2) is 0 Å². The van der Waals surface area contributed by atoms with Crippen LogP contribution in [0.15, 0.2) is 24.3 Å². The van der Waals surface area contributed by atoms with E-state index in [9.17, 15) is 0 Å². The summed E-state index contributed by atoms with van der Waals surface area (Å²) in [6, 6.07) is 7.93. The Kier molecular flexibility index (Phi) is 5.53. The molecule has 1 fully saturated rings. The fraction of sp³-hybridized carbons (Fsp3) is 0.538. The minimum Gasteiger partial charge on any atom is -0.381 e. The molecule has 0 aromatic heterocycles. The molecule has 0 N–H and O–H groups in total. The number of rotatable bonds is 4. The van der Waals surface area contributed by atoms with Crippen LogP contribution < -0.4 is 0 Å². The van der Waals surface area contributed by atoms with Gasteiger partial charge in [0, 0.05) is 22.7 Å². The number of hydrogen-bond donors (Lipinski definition) is 0. The summed E-state index contributed by atoms with van der Waals surface area (Å²) < 4.78 is 12.4. The molecule has 1 aliphatic rings. The third kappa shape index (κ3) is 4.09. The van der Waals surface area contributed by atoms with Gasteiger partial charge in [-0.3, -0.25) is 0 Å². The lowest BCUT2D eigenvalue weighted by Gasteiger charge is -2.27. The Labute approximate surface area is 121 Å². The Morgan fingerprint density at radius 1 is 1.29 bits per heavy atom. The molecule has 1 aromatic carbocycles. The van der Waals surface area contributed by atoms with Crippen LogP contribution in [0.25, 0.3) is 0 Å². The largest absolute Gasteiger partial charge is 0.381 e. The molecule has 2 rings (SSSR count). The Hall–Kier alpha value is 0.160. The third-order valence-corrected chi connectivity index (χ3v) is 3.96. The molecule has 0 radical (unpaired) electrons. The summed E-state index contributed by atoms with van der Waals surface area (Å²) in [6.07, 6.45) is 2.50. The summed E-state index contributed by atoms with van der Waals surface area (Å²) in [5, 5.41) is 0.770. The van der Waals surface area contributed by atoms with E-state index in [4.69, 9.17) is 21.1 Å². The van der Waals surface area contributed by atoms with E-state index in [2.05, 4.69) is 22.6 Å². The van der Waals surface area contributed by atoms with E-state index in [-0.39, 0.29) is 6.10 Å². The highest BCUT2D eigenvalue weighted by Crippen LogP contribution is 2.26. The van der Waals surface area contributed by atoms with Crippen molar-refractivity contribution < 1.29 is 9.47 Å². The number of ether oxygens (including phenoxy) is 2. The summed E-state index contributed by atoms with van der Waals surface area (Å²) in [4.78, 5) is 0. The van der Waals surface area contributed by atoms with Crippen molar-refractivity contribution in [1.29, 1.82) is 0 Å². The molecule has 2 nitrogen and oxygen atoms in total. The van der Waals surface area contributed by atoms with E-state index in [1.807, 2.05) is 24.3 Å². The second kappa shape index (κ2) is 6.92. The van der Waals surface area contributed by atoms with Crippen LogP contribution in [0.2, 0.25) is 5.02 Å². The van der Waals surface area contributed by atoms with E-state index in [1.54, 1.807) is 0 Å². The minimum atomic E-state index is 0.163. The van der Waals surface area contributed by atoms with Gasteiger partial charge in [-0.2, -0.15) is 0 Å². The van der Waals surface area contributed by atoms with Gasteiger partial charge in [0.05, 0.1) is 12.2 Å². The van der Waals surface area contributed by atoms with Crippen LogP contribution in [-0.2, 0) is 9.47 Å². The highest BCUT2D eigenvalue weighted by molar-refractivity contribution is 14.1. The van der Waals surface area contributed by atoms with Crippen molar-refractivity contribution in [3.8, 4) is 0 Å². The van der Waals surface area contributed by atoms with Gasteiger partial charge in [-0.05, 0) is 30.5 Å². The molecule has 0 spiro atoms. The van der Waals surface area contributed by atoms with Crippen molar-refractivity contribution in [2.24, 2.45) is 0 Å². The summed E-state index contributed by atoms with van der Waals surface area (Å²) in [5.74, 6) is 0. The van der Waals surface area contributed by atoms with Crippen molar-refractivity contribution in [3.63, 3.8) is 0 Å². The summed E-state index contributed by atoms with van der Waals surface area (Å²) in [7, 11) is 0. The summed E-state index contributed by atoms with van der Waals surface area (Å²) in [5.41, 5.74) is 1.20. The fourth-order valence-electron chi connectivity index (χ4n) is 1.93. The molecule has 0 aliphatic carbocycles. The van der Waals surface area contributed by atoms with Gasteiger partial charge >= 0.3 is 0 Å². The van der Waals surface area contributed by atoms with E-state index in [0.717, 1.165) is 35.5 Å². The molecule has 4 heteroatoms. The number of halogens is 2. The molecular formula is C13H16ClIO2. The van der Waals surface area contributed by atoms with Gasteiger partial charge < -0.3 is 9.47 Å². The highest BCUT2D eigenvalue weighted by Gasteiger charge is 2.20. The van der Waals surface area contributed by atoms with Gasteiger partial charge in [0.25, 0.3) is 0 Å². The third-order valence-electron chi connectivity index (χ3n) is 2.91. The Morgan fingerprint density at radius 3 is 2.53 bits per heavy atom. The van der Waals surface area contributed by atoms with E-state index in [0.29, 0.717) is 6.10 Å². The van der Waals surface area contributed by atoms with Gasteiger partial charge in [-0.1, -0.05) is 46.3 Å².